The van der Waals surface area contributed by atoms with Crippen LogP contribution in [-0.2, 0) is 17.8 Å². The maximum absolute atomic E-state index is 12.5. The molecule has 1 aromatic rings. The Balaban J connectivity index is 1.57. The molecule has 2 heterocycles. The highest BCUT2D eigenvalue weighted by Gasteiger charge is 2.31. The largest absolute Gasteiger partial charge is 0.337 e. The Labute approximate surface area is 130 Å². The monoisotopic (exact) mass is 307 g/mol. The van der Waals surface area contributed by atoms with E-state index in [-0.39, 0.29) is 5.91 Å². The van der Waals surface area contributed by atoms with Crippen LogP contribution in [0.25, 0.3) is 0 Å². The van der Waals surface area contributed by atoms with E-state index in [1.807, 2.05) is 16.2 Å². The van der Waals surface area contributed by atoms with Crippen molar-refractivity contribution < 1.29 is 4.79 Å². The number of nitrogens with two attached hydrogens (primary N) is 1. The summed E-state index contributed by atoms with van der Waals surface area (Å²) in [5, 5.41) is 2.13. The molecule has 3 rings (SSSR count). The summed E-state index contributed by atoms with van der Waals surface area (Å²) in [6.45, 7) is 2.92. The van der Waals surface area contributed by atoms with Crippen LogP contribution in [0, 0.1) is 5.92 Å². The number of thiophene rings is 1. The maximum atomic E-state index is 12.5. The van der Waals surface area contributed by atoms with Gasteiger partial charge in [0.25, 0.3) is 0 Å². The van der Waals surface area contributed by atoms with Crippen molar-refractivity contribution in [3.8, 4) is 0 Å². The van der Waals surface area contributed by atoms with Gasteiger partial charge in [0, 0.05) is 24.0 Å². The molecule has 5 heteroatoms. The number of fused-ring (bicyclic) bond motifs is 1. The zero-order valence-electron chi connectivity index (χ0n) is 12.8. The van der Waals surface area contributed by atoms with Gasteiger partial charge < -0.3 is 10.6 Å². The van der Waals surface area contributed by atoms with Crippen LogP contribution in [0.3, 0.4) is 0 Å². The van der Waals surface area contributed by atoms with Gasteiger partial charge in [-0.15, -0.1) is 11.3 Å². The first kappa shape index (κ1) is 15.0. The highest BCUT2D eigenvalue weighted by atomic mass is 32.1. The van der Waals surface area contributed by atoms with E-state index in [2.05, 4.69) is 23.4 Å². The summed E-state index contributed by atoms with van der Waals surface area (Å²) in [5.41, 5.74) is 7.19. The number of rotatable bonds is 4. The lowest BCUT2D eigenvalue weighted by Crippen LogP contribution is -2.46. The Kier molecular flexibility index (Phi) is 4.62. The molecule has 0 spiro atoms. The van der Waals surface area contributed by atoms with Crippen molar-refractivity contribution in [1.82, 2.24) is 9.80 Å². The first-order valence-electron chi connectivity index (χ1n) is 7.92. The molecule has 1 aliphatic carbocycles. The number of hydrogen-bond donors (Lipinski definition) is 1. The van der Waals surface area contributed by atoms with Crippen molar-refractivity contribution >= 4 is 17.2 Å². The van der Waals surface area contributed by atoms with Crippen molar-refractivity contribution in [2.24, 2.45) is 11.7 Å². The predicted molar refractivity (Wildman–Crippen MR) is 86.3 cm³/mol. The lowest BCUT2D eigenvalue weighted by atomic mass is 10.0. The van der Waals surface area contributed by atoms with Gasteiger partial charge >= 0.3 is 0 Å². The molecule has 0 saturated heterocycles. The molecule has 21 heavy (non-hydrogen) atoms. The average molecular weight is 307 g/mol. The molecule has 2 atom stereocenters. The Morgan fingerprint density at radius 3 is 3.19 bits per heavy atom. The highest BCUT2D eigenvalue weighted by molar-refractivity contribution is 7.10. The lowest BCUT2D eigenvalue weighted by molar-refractivity contribution is -0.133. The summed E-state index contributed by atoms with van der Waals surface area (Å²) >= 11 is 1.81. The molecule has 1 aliphatic heterocycles. The second kappa shape index (κ2) is 6.46. The summed E-state index contributed by atoms with van der Waals surface area (Å²) in [6, 6.07) is 2.64. The Bertz CT molecular complexity index is 501. The molecule has 116 valence electrons. The van der Waals surface area contributed by atoms with Crippen LogP contribution in [0.5, 0.6) is 0 Å². The molecule has 1 fully saturated rings. The van der Waals surface area contributed by atoms with E-state index in [9.17, 15) is 4.79 Å². The van der Waals surface area contributed by atoms with Crippen molar-refractivity contribution in [2.45, 2.75) is 38.3 Å². The zero-order chi connectivity index (χ0) is 14.8. The van der Waals surface area contributed by atoms with E-state index in [0.717, 1.165) is 26.1 Å². The number of hydrogen-bond acceptors (Lipinski definition) is 4. The van der Waals surface area contributed by atoms with Crippen molar-refractivity contribution in [3.05, 3.63) is 21.9 Å². The molecule has 2 N–H and O–H groups in total. The van der Waals surface area contributed by atoms with Crippen LogP contribution >= 0.6 is 11.3 Å². The molecule has 2 aliphatic rings. The van der Waals surface area contributed by atoms with E-state index in [4.69, 9.17) is 5.73 Å². The third kappa shape index (κ3) is 3.15. The SMILES string of the molecule is CN(CC(=O)N1CCc2sccc2C1)C1CCCC1CN. The molecule has 4 nitrogen and oxygen atoms in total. The number of carbonyl (C=O) groups excluding carboxylic acids is 1. The molecule has 1 aromatic heterocycles. The zero-order valence-corrected chi connectivity index (χ0v) is 13.6. The van der Waals surface area contributed by atoms with Crippen LogP contribution < -0.4 is 5.73 Å². The minimum atomic E-state index is 0.261. The van der Waals surface area contributed by atoms with Crippen molar-refractivity contribution in [2.75, 3.05) is 26.7 Å². The molecule has 1 saturated carbocycles. The quantitative estimate of drug-likeness (QED) is 0.921. The van der Waals surface area contributed by atoms with E-state index >= 15 is 0 Å². The summed E-state index contributed by atoms with van der Waals surface area (Å²) < 4.78 is 0. The van der Waals surface area contributed by atoms with E-state index in [0.29, 0.717) is 18.5 Å². The second-order valence-electron chi connectivity index (χ2n) is 6.34. The molecule has 0 radical (unpaired) electrons. The van der Waals surface area contributed by atoms with Gasteiger partial charge in [0.05, 0.1) is 6.54 Å². The first-order chi connectivity index (χ1) is 10.2. The minimum Gasteiger partial charge on any atom is -0.337 e. The summed E-state index contributed by atoms with van der Waals surface area (Å²) in [6.07, 6.45) is 4.65. The van der Waals surface area contributed by atoms with Gasteiger partial charge in [-0.3, -0.25) is 9.69 Å². The third-order valence-electron chi connectivity index (χ3n) is 5.03. The molecule has 0 bridgehead atoms. The maximum Gasteiger partial charge on any atom is 0.237 e. The Morgan fingerprint density at radius 1 is 1.52 bits per heavy atom. The van der Waals surface area contributed by atoms with Crippen LogP contribution in [0.4, 0.5) is 0 Å². The standard InChI is InChI=1S/C16H25N3OS/c1-18(14-4-2-3-12(14)9-17)11-16(20)19-7-5-15-13(10-19)6-8-21-15/h6,8,12,14H,2-5,7,9-11,17H2,1H3. The highest BCUT2D eigenvalue weighted by Crippen LogP contribution is 2.29. The van der Waals surface area contributed by atoms with Gasteiger partial charge in [-0.05, 0) is 55.8 Å². The molecular formula is C16H25N3OS. The van der Waals surface area contributed by atoms with Gasteiger partial charge in [-0.2, -0.15) is 0 Å². The lowest BCUT2D eigenvalue weighted by Gasteiger charge is -2.32. The third-order valence-corrected chi connectivity index (χ3v) is 6.06. The second-order valence-corrected chi connectivity index (χ2v) is 7.34. The number of likely N-dealkylation sites (N-methyl/N-ethyl adjacent to an activating group) is 1. The fourth-order valence-electron chi connectivity index (χ4n) is 3.76. The summed E-state index contributed by atoms with van der Waals surface area (Å²) in [5.74, 6) is 0.824. The van der Waals surface area contributed by atoms with E-state index in [1.54, 1.807) is 0 Å². The van der Waals surface area contributed by atoms with Crippen LogP contribution in [-0.4, -0.2) is 48.4 Å². The molecule has 1 amide bonds. The van der Waals surface area contributed by atoms with Crippen LogP contribution in [0.15, 0.2) is 11.4 Å². The minimum absolute atomic E-state index is 0.261. The predicted octanol–water partition coefficient (Wildman–Crippen LogP) is 1.69. The van der Waals surface area contributed by atoms with Gasteiger partial charge in [0.1, 0.15) is 0 Å². The molecule has 0 aromatic carbocycles. The number of nitrogens with zero attached hydrogens (tertiary/aromatic N) is 2. The van der Waals surface area contributed by atoms with Crippen LogP contribution in [0.1, 0.15) is 29.7 Å². The fraction of sp³-hybridized carbons (Fsp3) is 0.688. The summed E-state index contributed by atoms with van der Waals surface area (Å²) in [4.78, 5) is 18.2. The van der Waals surface area contributed by atoms with E-state index < -0.39 is 0 Å². The van der Waals surface area contributed by atoms with Crippen molar-refractivity contribution in [1.29, 1.82) is 0 Å². The smallest absolute Gasteiger partial charge is 0.237 e. The molecule has 2 unspecified atom stereocenters. The van der Waals surface area contributed by atoms with Crippen LogP contribution in [0.2, 0.25) is 0 Å². The number of amides is 1. The van der Waals surface area contributed by atoms with Gasteiger partial charge in [-0.1, -0.05) is 6.42 Å². The number of carbonyl (C=O) groups is 1. The van der Waals surface area contributed by atoms with Gasteiger partial charge in [-0.25, -0.2) is 0 Å². The van der Waals surface area contributed by atoms with Crippen molar-refractivity contribution in [3.63, 3.8) is 0 Å². The molecular weight excluding hydrogens is 282 g/mol. The van der Waals surface area contributed by atoms with Gasteiger partial charge in [0.2, 0.25) is 5.91 Å². The topological polar surface area (TPSA) is 49.6 Å². The first-order valence-corrected chi connectivity index (χ1v) is 8.80. The van der Waals surface area contributed by atoms with E-state index in [1.165, 1.54) is 29.7 Å². The summed E-state index contributed by atoms with van der Waals surface area (Å²) in [7, 11) is 2.08. The Morgan fingerprint density at radius 2 is 2.38 bits per heavy atom. The Hall–Kier alpha value is -0.910. The normalized spacial score (nSPS) is 25.4. The van der Waals surface area contributed by atoms with Gasteiger partial charge in [0.15, 0.2) is 0 Å². The fourth-order valence-corrected chi connectivity index (χ4v) is 4.65. The average Bonchev–Trinajstić information content (AvgIpc) is 3.14.